The van der Waals surface area contributed by atoms with Gasteiger partial charge in [0.2, 0.25) is 5.13 Å². The molecule has 0 aliphatic carbocycles. The molecule has 1 aromatic carbocycles. The Balaban J connectivity index is 1.43. The Morgan fingerprint density at radius 3 is 2.92 bits per heavy atom. The summed E-state index contributed by atoms with van der Waals surface area (Å²) in [5, 5.41) is 12.4. The number of methoxy groups -OCH3 is 1. The Kier molecular flexibility index (Phi) is 4.77. The summed E-state index contributed by atoms with van der Waals surface area (Å²) >= 11 is 3.15. The normalized spacial score (nSPS) is 11.0. The molecular weight excluding hydrogens is 366 g/mol. The van der Waals surface area contributed by atoms with Crippen molar-refractivity contribution in [3.05, 3.63) is 60.0 Å². The molecule has 6 nitrogen and oxygen atoms in total. The van der Waals surface area contributed by atoms with Gasteiger partial charge in [-0.1, -0.05) is 41.3 Å². The summed E-state index contributed by atoms with van der Waals surface area (Å²) in [5.41, 5.74) is 4.07. The van der Waals surface area contributed by atoms with Gasteiger partial charge < -0.3 is 14.5 Å². The van der Waals surface area contributed by atoms with Crippen molar-refractivity contribution in [2.75, 3.05) is 12.4 Å². The molecular formula is C18H17N5OS2. The molecule has 4 rings (SSSR count). The van der Waals surface area contributed by atoms with E-state index in [1.54, 1.807) is 18.9 Å². The highest BCUT2D eigenvalue weighted by Crippen LogP contribution is 2.32. The van der Waals surface area contributed by atoms with Crippen molar-refractivity contribution in [3.8, 4) is 5.75 Å². The number of pyridine rings is 1. The molecule has 0 radical (unpaired) electrons. The van der Waals surface area contributed by atoms with Gasteiger partial charge in [-0.2, -0.15) is 0 Å². The second-order valence-corrected chi connectivity index (χ2v) is 7.89. The quantitative estimate of drug-likeness (QED) is 0.493. The molecule has 0 unspecified atom stereocenters. The van der Waals surface area contributed by atoms with Crippen molar-refractivity contribution >= 4 is 39.6 Å². The summed E-state index contributed by atoms with van der Waals surface area (Å²) in [6, 6.07) is 11.8. The summed E-state index contributed by atoms with van der Waals surface area (Å²) in [6.45, 7) is 2.07. The van der Waals surface area contributed by atoms with Gasteiger partial charge in [-0.3, -0.25) is 0 Å². The van der Waals surface area contributed by atoms with Crippen LogP contribution in [0.1, 0.15) is 11.3 Å². The van der Waals surface area contributed by atoms with Crippen LogP contribution in [0, 0.1) is 6.92 Å². The lowest BCUT2D eigenvalue weighted by atomic mass is 10.3. The maximum Gasteiger partial charge on any atom is 0.210 e. The van der Waals surface area contributed by atoms with Crippen LogP contribution in [0.2, 0.25) is 0 Å². The zero-order chi connectivity index (χ0) is 17.9. The fraction of sp³-hybridized carbons (Fsp3) is 0.167. The van der Waals surface area contributed by atoms with Gasteiger partial charge in [-0.15, -0.1) is 10.2 Å². The predicted octanol–water partition coefficient (Wildman–Crippen LogP) is 4.54. The number of imidazole rings is 1. The van der Waals surface area contributed by atoms with Gasteiger partial charge in [0.1, 0.15) is 11.4 Å². The molecule has 0 aliphatic heterocycles. The molecule has 0 bridgehead atoms. The number of hydrogen-bond donors (Lipinski definition) is 1. The number of fused-ring (bicyclic) bond motifs is 1. The standard InChI is InChI=1S/C18H17N5OS2/c1-12-7-8-16-19-13(10-23(16)9-12)11-25-18-22-21-17(26-18)20-14-5-3-4-6-15(14)24-2/h3-10H,11H2,1-2H3,(H,20,21). The van der Waals surface area contributed by atoms with E-state index in [0.717, 1.165) is 38.0 Å². The Hall–Kier alpha value is -2.58. The third-order valence-corrected chi connectivity index (χ3v) is 5.75. The van der Waals surface area contributed by atoms with Gasteiger partial charge in [-0.05, 0) is 30.7 Å². The molecule has 3 heterocycles. The highest BCUT2D eigenvalue weighted by molar-refractivity contribution is 8.00. The number of rotatable bonds is 6. The van der Waals surface area contributed by atoms with E-state index < -0.39 is 0 Å². The first-order chi connectivity index (χ1) is 12.7. The highest BCUT2D eigenvalue weighted by atomic mass is 32.2. The molecule has 0 fully saturated rings. The first-order valence-electron chi connectivity index (χ1n) is 8.02. The van der Waals surface area contributed by atoms with E-state index in [4.69, 9.17) is 4.74 Å². The molecule has 3 aromatic heterocycles. The molecule has 0 aliphatic rings. The van der Waals surface area contributed by atoms with E-state index in [9.17, 15) is 0 Å². The monoisotopic (exact) mass is 383 g/mol. The number of para-hydroxylation sites is 2. The third-order valence-electron chi connectivity index (χ3n) is 3.75. The summed E-state index contributed by atoms with van der Waals surface area (Å²) in [5.74, 6) is 1.53. The fourth-order valence-corrected chi connectivity index (χ4v) is 4.19. The fourth-order valence-electron chi connectivity index (χ4n) is 2.54. The first-order valence-corrected chi connectivity index (χ1v) is 9.82. The first kappa shape index (κ1) is 16.9. The van der Waals surface area contributed by atoms with Crippen molar-refractivity contribution < 1.29 is 4.74 Å². The van der Waals surface area contributed by atoms with E-state index in [2.05, 4.69) is 50.3 Å². The van der Waals surface area contributed by atoms with Crippen LogP contribution < -0.4 is 10.1 Å². The zero-order valence-corrected chi connectivity index (χ0v) is 16.0. The summed E-state index contributed by atoms with van der Waals surface area (Å²) in [4.78, 5) is 4.63. The van der Waals surface area contributed by atoms with Gasteiger partial charge in [0.05, 0.1) is 18.5 Å². The Morgan fingerprint density at radius 2 is 2.04 bits per heavy atom. The molecule has 132 valence electrons. The number of thioether (sulfide) groups is 1. The van der Waals surface area contributed by atoms with E-state index >= 15 is 0 Å². The number of nitrogens with one attached hydrogen (secondary N) is 1. The number of ether oxygens (including phenoxy) is 1. The molecule has 1 N–H and O–H groups in total. The van der Waals surface area contributed by atoms with Crippen LogP contribution in [0.5, 0.6) is 5.75 Å². The SMILES string of the molecule is COc1ccccc1Nc1nnc(SCc2cn3cc(C)ccc3n2)s1. The maximum absolute atomic E-state index is 5.35. The molecule has 0 atom stereocenters. The van der Waals surface area contributed by atoms with Gasteiger partial charge >= 0.3 is 0 Å². The van der Waals surface area contributed by atoms with Gasteiger partial charge in [-0.25, -0.2) is 4.98 Å². The zero-order valence-electron chi connectivity index (χ0n) is 14.3. The maximum atomic E-state index is 5.35. The Labute approximate surface area is 159 Å². The third kappa shape index (κ3) is 3.66. The average Bonchev–Trinajstić information content (AvgIpc) is 3.26. The molecule has 0 saturated heterocycles. The predicted molar refractivity (Wildman–Crippen MR) is 106 cm³/mol. The van der Waals surface area contributed by atoms with Crippen molar-refractivity contribution in [3.63, 3.8) is 0 Å². The molecule has 0 saturated carbocycles. The molecule has 4 aromatic rings. The van der Waals surface area contributed by atoms with Crippen molar-refractivity contribution in [1.82, 2.24) is 19.6 Å². The van der Waals surface area contributed by atoms with Crippen LogP contribution in [-0.4, -0.2) is 26.7 Å². The Morgan fingerprint density at radius 1 is 1.15 bits per heavy atom. The lowest BCUT2D eigenvalue weighted by Gasteiger charge is -2.07. The van der Waals surface area contributed by atoms with E-state index in [-0.39, 0.29) is 0 Å². The van der Waals surface area contributed by atoms with E-state index in [0.29, 0.717) is 0 Å². The largest absolute Gasteiger partial charge is 0.495 e. The van der Waals surface area contributed by atoms with Crippen LogP contribution >= 0.6 is 23.1 Å². The minimum absolute atomic E-state index is 0.739. The lowest BCUT2D eigenvalue weighted by molar-refractivity contribution is 0.417. The van der Waals surface area contributed by atoms with Crippen LogP contribution in [0.3, 0.4) is 0 Å². The smallest absolute Gasteiger partial charge is 0.210 e. The van der Waals surface area contributed by atoms with Crippen LogP contribution in [0.4, 0.5) is 10.8 Å². The second-order valence-electron chi connectivity index (χ2n) is 5.69. The summed E-state index contributed by atoms with van der Waals surface area (Å²) < 4.78 is 8.30. The van der Waals surface area contributed by atoms with Crippen molar-refractivity contribution in [2.24, 2.45) is 0 Å². The van der Waals surface area contributed by atoms with Crippen molar-refractivity contribution in [2.45, 2.75) is 17.0 Å². The molecule has 0 spiro atoms. The summed E-state index contributed by atoms with van der Waals surface area (Å²) in [7, 11) is 1.65. The van der Waals surface area contributed by atoms with Crippen LogP contribution in [-0.2, 0) is 5.75 Å². The molecule has 8 heteroatoms. The van der Waals surface area contributed by atoms with Crippen molar-refractivity contribution in [1.29, 1.82) is 0 Å². The minimum Gasteiger partial charge on any atom is -0.495 e. The van der Waals surface area contributed by atoms with E-state index in [1.165, 1.54) is 16.9 Å². The lowest BCUT2D eigenvalue weighted by Crippen LogP contribution is -1.93. The summed E-state index contributed by atoms with van der Waals surface area (Å²) in [6.07, 6.45) is 4.14. The molecule has 0 amide bonds. The minimum atomic E-state index is 0.739. The number of benzene rings is 1. The van der Waals surface area contributed by atoms with E-state index in [1.807, 2.05) is 30.3 Å². The van der Waals surface area contributed by atoms with Gasteiger partial charge in [0, 0.05) is 18.1 Å². The number of nitrogens with zero attached hydrogens (tertiary/aromatic N) is 4. The topological polar surface area (TPSA) is 64.3 Å². The number of hydrogen-bond acceptors (Lipinski definition) is 7. The van der Waals surface area contributed by atoms with Gasteiger partial charge in [0.25, 0.3) is 0 Å². The number of anilines is 2. The number of aromatic nitrogens is 4. The Bertz CT molecular complexity index is 1040. The highest BCUT2D eigenvalue weighted by Gasteiger charge is 2.09. The second kappa shape index (κ2) is 7.35. The molecule has 26 heavy (non-hydrogen) atoms. The average molecular weight is 384 g/mol. The van der Waals surface area contributed by atoms with Crippen LogP contribution in [0.15, 0.2) is 53.1 Å². The van der Waals surface area contributed by atoms with Crippen LogP contribution in [0.25, 0.3) is 5.65 Å². The number of aryl methyl sites for hydroxylation is 1. The van der Waals surface area contributed by atoms with Gasteiger partial charge in [0.15, 0.2) is 4.34 Å².